The van der Waals surface area contributed by atoms with E-state index in [4.69, 9.17) is 0 Å². The molecule has 0 bridgehead atoms. The Balaban J connectivity index is 2.45. The third kappa shape index (κ3) is 0.914. The highest BCUT2D eigenvalue weighted by Gasteiger charge is 2.13. The molecule has 0 radical (unpaired) electrons. The first-order valence-electron chi connectivity index (χ1n) is 3.95. The topological polar surface area (TPSA) is 0 Å². The van der Waals surface area contributed by atoms with Gasteiger partial charge in [0, 0.05) is 0 Å². The van der Waals surface area contributed by atoms with Gasteiger partial charge in [0.1, 0.15) is 0 Å². The van der Waals surface area contributed by atoms with Crippen molar-refractivity contribution in [2.45, 2.75) is 19.3 Å². The largest absolute Gasteiger partial charge is 0.0966 e. The molecule has 1 heterocycles. The van der Waals surface area contributed by atoms with E-state index in [0.717, 1.165) is 0 Å². The van der Waals surface area contributed by atoms with Crippen molar-refractivity contribution in [2.24, 2.45) is 0 Å². The summed E-state index contributed by atoms with van der Waals surface area (Å²) in [6.45, 7) is 2.40. The fourth-order valence-electron chi connectivity index (χ4n) is 1.81. The molecule has 0 aromatic heterocycles. The Hall–Kier alpha value is -0.220. The number of hydrogen-bond acceptors (Lipinski definition) is 0. The van der Waals surface area contributed by atoms with Crippen molar-refractivity contribution in [3.63, 3.8) is 0 Å². The maximum absolute atomic E-state index is 2.40. The molecular weight excluding hydrogens is 139 g/mol. The molecule has 0 spiro atoms. The van der Waals surface area contributed by atoms with Crippen LogP contribution in [0.4, 0.5) is 0 Å². The molecule has 0 nitrogen and oxygen atoms in total. The highest BCUT2D eigenvalue weighted by molar-refractivity contribution is 7.61. The Morgan fingerprint density at radius 3 is 3.10 bits per heavy atom. The Morgan fingerprint density at radius 1 is 1.40 bits per heavy atom. The van der Waals surface area contributed by atoms with Crippen LogP contribution in [0.1, 0.15) is 19.3 Å². The van der Waals surface area contributed by atoms with Gasteiger partial charge in [0.05, 0.1) is 0 Å². The lowest BCUT2D eigenvalue weighted by Gasteiger charge is -2.08. The van der Waals surface area contributed by atoms with E-state index in [1.54, 1.807) is 10.9 Å². The fraction of sp³-hybridized carbons (Fsp3) is 0.444. The van der Waals surface area contributed by atoms with Crippen LogP contribution in [0, 0.1) is 0 Å². The van der Waals surface area contributed by atoms with Gasteiger partial charge in [-0.2, -0.15) is 0 Å². The van der Waals surface area contributed by atoms with Gasteiger partial charge in [-0.1, -0.05) is 25.5 Å². The maximum Gasteiger partial charge on any atom is -0.0272 e. The summed E-state index contributed by atoms with van der Waals surface area (Å²) >= 11 is 0. The van der Waals surface area contributed by atoms with Crippen LogP contribution < -0.4 is 0 Å². The summed E-state index contributed by atoms with van der Waals surface area (Å²) in [5.41, 5.74) is 1.67. The quantitative estimate of drug-likeness (QED) is 0.468. The van der Waals surface area contributed by atoms with Crippen molar-refractivity contribution in [1.82, 2.24) is 0 Å². The van der Waals surface area contributed by atoms with Crippen molar-refractivity contribution in [1.29, 1.82) is 0 Å². The van der Waals surface area contributed by atoms with Gasteiger partial charge in [-0.25, -0.2) is 0 Å². The lowest BCUT2D eigenvalue weighted by Crippen LogP contribution is -1.81. The molecular formula is C9H13P. The summed E-state index contributed by atoms with van der Waals surface area (Å²) in [5.74, 6) is 2.40. The zero-order valence-corrected chi connectivity index (χ0v) is 7.35. The Morgan fingerprint density at radius 2 is 2.30 bits per heavy atom. The van der Waals surface area contributed by atoms with Crippen LogP contribution in [0.5, 0.6) is 0 Å². The van der Waals surface area contributed by atoms with Gasteiger partial charge in [-0.3, -0.25) is 0 Å². The predicted octanol–water partition coefficient (Wildman–Crippen LogP) is 2.64. The number of rotatable bonds is 0. The minimum Gasteiger partial charge on any atom is -0.0966 e. The van der Waals surface area contributed by atoms with Gasteiger partial charge < -0.3 is 0 Å². The Bertz CT molecular complexity index is 243. The van der Waals surface area contributed by atoms with Gasteiger partial charge in [-0.15, -0.1) is 0 Å². The molecule has 10 heavy (non-hydrogen) atoms. The summed E-state index contributed by atoms with van der Waals surface area (Å²) in [7, 11) is -0.201. The maximum atomic E-state index is 2.40. The molecule has 0 aromatic carbocycles. The molecule has 0 aromatic rings. The standard InChI is InChI=1S/C9H13P/c1-10-7-3-5-8-4-2-6-9(8)10/h3,5,7,10H,2,4,6H2,1H3. The van der Waals surface area contributed by atoms with E-state index in [1.807, 2.05) is 0 Å². The van der Waals surface area contributed by atoms with Crippen molar-refractivity contribution >= 4 is 13.3 Å². The van der Waals surface area contributed by atoms with Crippen molar-refractivity contribution in [2.75, 3.05) is 6.66 Å². The molecule has 1 atom stereocenters. The Kier molecular flexibility index (Phi) is 1.58. The van der Waals surface area contributed by atoms with Crippen LogP contribution in [0.25, 0.3) is 0 Å². The second-order valence-electron chi connectivity index (χ2n) is 3.07. The smallest absolute Gasteiger partial charge is 0.0272 e. The number of hydrogen-bond donors (Lipinski definition) is 0. The summed E-state index contributed by atoms with van der Waals surface area (Å²) < 4.78 is 0. The van der Waals surface area contributed by atoms with E-state index in [1.165, 1.54) is 19.3 Å². The van der Waals surface area contributed by atoms with Crippen LogP contribution in [0.3, 0.4) is 0 Å². The molecule has 0 saturated heterocycles. The molecule has 2 aliphatic rings. The second-order valence-corrected chi connectivity index (χ2v) is 5.37. The van der Waals surface area contributed by atoms with Crippen LogP contribution in [0.2, 0.25) is 0 Å². The first kappa shape index (κ1) is 6.49. The molecule has 1 aliphatic heterocycles. The van der Waals surface area contributed by atoms with E-state index in [2.05, 4.69) is 24.6 Å². The van der Waals surface area contributed by atoms with Gasteiger partial charge in [0.15, 0.2) is 0 Å². The van der Waals surface area contributed by atoms with Crippen molar-refractivity contribution < 1.29 is 0 Å². The highest BCUT2D eigenvalue weighted by Crippen LogP contribution is 2.43. The van der Waals surface area contributed by atoms with Gasteiger partial charge in [0.25, 0.3) is 0 Å². The van der Waals surface area contributed by atoms with Crippen molar-refractivity contribution in [3.05, 3.63) is 23.0 Å². The van der Waals surface area contributed by atoms with E-state index in [0.29, 0.717) is 0 Å². The molecule has 0 fully saturated rings. The second kappa shape index (κ2) is 2.43. The average Bonchev–Trinajstić information content (AvgIpc) is 2.36. The first-order chi connectivity index (χ1) is 4.88. The molecule has 1 heteroatoms. The lowest BCUT2D eigenvalue weighted by atomic mass is 10.2. The van der Waals surface area contributed by atoms with Gasteiger partial charge in [0.2, 0.25) is 0 Å². The zero-order valence-electron chi connectivity index (χ0n) is 6.35. The minimum absolute atomic E-state index is 0.201. The SMILES string of the molecule is C[PH]1=CC=CC2=C1CCC2. The van der Waals surface area contributed by atoms with Gasteiger partial charge >= 0.3 is 0 Å². The van der Waals surface area contributed by atoms with E-state index in [-0.39, 0.29) is 7.55 Å². The average molecular weight is 152 g/mol. The van der Waals surface area contributed by atoms with Crippen LogP contribution in [-0.4, -0.2) is 12.5 Å². The first-order valence-corrected chi connectivity index (χ1v) is 6.03. The minimum atomic E-state index is -0.201. The van der Waals surface area contributed by atoms with Gasteiger partial charge in [-0.05, 0) is 36.8 Å². The summed E-state index contributed by atoms with van der Waals surface area (Å²) in [4.78, 5) is 0. The van der Waals surface area contributed by atoms with E-state index < -0.39 is 0 Å². The van der Waals surface area contributed by atoms with Crippen LogP contribution in [-0.2, 0) is 0 Å². The number of allylic oxidation sites excluding steroid dienone is 4. The molecule has 0 saturated carbocycles. The summed E-state index contributed by atoms with van der Waals surface area (Å²) in [6.07, 6.45) is 8.70. The van der Waals surface area contributed by atoms with Crippen LogP contribution >= 0.6 is 7.55 Å². The monoisotopic (exact) mass is 152 g/mol. The van der Waals surface area contributed by atoms with E-state index >= 15 is 0 Å². The third-order valence-electron chi connectivity index (χ3n) is 2.38. The molecule has 0 amide bonds. The van der Waals surface area contributed by atoms with Crippen molar-refractivity contribution in [3.8, 4) is 0 Å². The molecule has 0 N–H and O–H groups in total. The van der Waals surface area contributed by atoms with Crippen LogP contribution in [0.15, 0.2) is 23.0 Å². The summed E-state index contributed by atoms with van der Waals surface area (Å²) in [6, 6.07) is 0. The fourth-order valence-corrected chi connectivity index (χ4v) is 3.68. The lowest BCUT2D eigenvalue weighted by molar-refractivity contribution is 0.913. The molecule has 1 unspecified atom stereocenters. The third-order valence-corrected chi connectivity index (χ3v) is 4.60. The van der Waals surface area contributed by atoms with E-state index in [9.17, 15) is 0 Å². The molecule has 2 rings (SSSR count). The highest BCUT2D eigenvalue weighted by atomic mass is 31.1. The molecule has 54 valence electrons. The zero-order chi connectivity index (χ0) is 6.97. The normalized spacial score (nSPS) is 30.3. The predicted molar refractivity (Wildman–Crippen MR) is 50.3 cm³/mol. The molecule has 1 aliphatic carbocycles. The summed E-state index contributed by atoms with van der Waals surface area (Å²) in [5, 5.41) is 1.80. The Labute approximate surface area is 63.0 Å².